The van der Waals surface area contributed by atoms with Crippen LogP contribution in [0.15, 0.2) is 11.0 Å². The molecule has 6 nitrogen and oxygen atoms in total. The minimum Gasteiger partial charge on any atom is -0.368 e. The largest absolute Gasteiger partial charge is 0.368 e. The van der Waals surface area contributed by atoms with E-state index in [9.17, 15) is 13.2 Å². The number of hydrogen-bond donors (Lipinski definition) is 1. The van der Waals surface area contributed by atoms with Crippen LogP contribution in [-0.2, 0) is 14.8 Å². The second kappa shape index (κ2) is 6.04. The molecule has 8 heteroatoms. The predicted molar refractivity (Wildman–Crippen MR) is 82.8 cm³/mol. The molecule has 2 N–H and O–H groups in total. The number of piperazine rings is 1. The maximum Gasteiger partial charge on any atom is 0.244 e. The van der Waals surface area contributed by atoms with Crippen LogP contribution in [0.5, 0.6) is 0 Å². The molecule has 1 atom stereocenters. The molecule has 1 amide bonds. The minimum absolute atomic E-state index is 0.361. The van der Waals surface area contributed by atoms with Gasteiger partial charge < -0.3 is 5.73 Å². The van der Waals surface area contributed by atoms with Crippen molar-refractivity contribution >= 4 is 27.3 Å². The van der Waals surface area contributed by atoms with Gasteiger partial charge in [0.1, 0.15) is 0 Å². The lowest BCUT2D eigenvalue weighted by Crippen LogP contribution is -2.54. The van der Waals surface area contributed by atoms with E-state index in [1.165, 1.54) is 15.6 Å². The van der Waals surface area contributed by atoms with E-state index in [1.54, 1.807) is 13.0 Å². The molecule has 1 saturated heterocycles. The summed E-state index contributed by atoms with van der Waals surface area (Å²) >= 11 is 1.49. The Hall–Kier alpha value is -0.960. The molecule has 1 aliphatic heterocycles. The van der Waals surface area contributed by atoms with E-state index in [0.29, 0.717) is 31.1 Å². The van der Waals surface area contributed by atoms with Crippen molar-refractivity contribution in [2.75, 3.05) is 26.2 Å². The second-order valence-corrected chi connectivity index (χ2v) is 8.66. The van der Waals surface area contributed by atoms with Gasteiger partial charge in [0.2, 0.25) is 15.9 Å². The highest BCUT2D eigenvalue weighted by Gasteiger charge is 2.32. The van der Waals surface area contributed by atoms with Gasteiger partial charge in [0.05, 0.1) is 10.9 Å². The van der Waals surface area contributed by atoms with E-state index in [2.05, 4.69) is 0 Å². The normalized spacial score (nSPS) is 19.6. The van der Waals surface area contributed by atoms with Gasteiger partial charge in [-0.2, -0.15) is 4.31 Å². The van der Waals surface area contributed by atoms with E-state index < -0.39 is 10.0 Å². The van der Waals surface area contributed by atoms with Crippen LogP contribution in [0.2, 0.25) is 0 Å². The van der Waals surface area contributed by atoms with E-state index in [-0.39, 0.29) is 11.9 Å². The Morgan fingerprint density at radius 1 is 1.29 bits per heavy atom. The molecular formula is C13H21N3O3S2. The monoisotopic (exact) mass is 331 g/mol. The SMILES string of the molecule is Cc1cc(S(=O)(=O)N2CCN([C@@H](C)C(N)=O)CC2)c(C)s1. The van der Waals surface area contributed by atoms with Crippen LogP contribution in [0.3, 0.4) is 0 Å². The van der Waals surface area contributed by atoms with Gasteiger partial charge in [-0.25, -0.2) is 8.42 Å². The Morgan fingerprint density at radius 3 is 2.29 bits per heavy atom. The van der Waals surface area contributed by atoms with Gasteiger partial charge in [-0.15, -0.1) is 11.3 Å². The Balaban J connectivity index is 2.11. The molecule has 118 valence electrons. The van der Waals surface area contributed by atoms with Crippen molar-refractivity contribution in [3.8, 4) is 0 Å². The number of amides is 1. The molecule has 0 radical (unpaired) electrons. The van der Waals surface area contributed by atoms with Crippen molar-refractivity contribution in [3.05, 3.63) is 15.8 Å². The molecule has 0 aromatic carbocycles. The molecule has 0 bridgehead atoms. The summed E-state index contributed by atoms with van der Waals surface area (Å²) in [6, 6.07) is 1.37. The molecule has 0 saturated carbocycles. The molecule has 21 heavy (non-hydrogen) atoms. The molecule has 0 aliphatic carbocycles. The number of nitrogens with zero attached hydrogens (tertiary/aromatic N) is 2. The van der Waals surface area contributed by atoms with Crippen LogP contribution in [0.1, 0.15) is 16.7 Å². The number of sulfonamides is 1. The summed E-state index contributed by atoms with van der Waals surface area (Å²) in [6.45, 7) is 7.29. The standard InChI is InChI=1S/C13H21N3O3S2/c1-9-8-12(11(3)20-9)21(18,19)16-6-4-15(5-7-16)10(2)13(14)17/h8,10H,4-7H2,1-3H3,(H2,14,17)/t10-/m0/s1. The van der Waals surface area contributed by atoms with E-state index >= 15 is 0 Å². The van der Waals surface area contributed by atoms with Gasteiger partial charge >= 0.3 is 0 Å². The second-order valence-electron chi connectivity index (χ2n) is 5.30. The number of hydrogen-bond acceptors (Lipinski definition) is 5. The molecular weight excluding hydrogens is 310 g/mol. The third-order valence-corrected chi connectivity index (χ3v) is 6.97. The highest BCUT2D eigenvalue weighted by Crippen LogP contribution is 2.28. The van der Waals surface area contributed by atoms with Crippen LogP contribution in [-0.4, -0.2) is 55.8 Å². The quantitative estimate of drug-likeness (QED) is 0.873. The summed E-state index contributed by atoms with van der Waals surface area (Å²) in [5, 5.41) is 0. The predicted octanol–water partition coefficient (Wildman–Crippen LogP) is 0.545. The van der Waals surface area contributed by atoms with Crippen LogP contribution in [0, 0.1) is 13.8 Å². The number of nitrogens with two attached hydrogens (primary N) is 1. The van der Waals surface area contributed by atoms with Crippen LogP contribution < -0.4 is 5.73 Å². The zero-order valence-electron chi connectivity index (χ0n) is 12.5. The molecule has 1 aromatic heterocycles. The molecule has 1 aromatic rings. The van der Waals surface area contributed by atoms with E-state index in [4.69, 9.17) is 5.73 Å². The van der Waals surface area contributed by atoms with Crippen molar-refractivity contribution in [2.45, 2.75) is 31.7 Å². The number of carbonyl (C=O) groups excluding carboxylic acids is 1. The van der Waals surface area contributed by atoms with Gasteiger partial charge in [-0.3, -0.25) is 9.69 Å². The molecule has 2 rings (SSSR count). The number of rotatable bonds is 4. The molecule has 2 heterocycles. The molecule has 1 aliphatic rings. The summed E-state index contributed by atoms with van der Waals surface area (Å²) in [5.74, 6) is -0.379. The number of primary amides is 1. The van der Waals surface area contributed by atoms with Gasteiger partial charge in [-0.05, 0) is 26.8 Å². The zero-order chi connectivity index (χ0) is 15.8. The topological polar surface area (TPSA) is 83.7 Å². The lowest BCUT2D eigenvalue weighted by Gasteiger charge is -2.36. The highest BCUT2D eigenvalue weighted by atomic mass is 32.2. The van der Waals surface area contributed by atoms with Crippen molar-refractivity contribution in [2.24, 2.45) is 5.73 Å². The first-order chi connectivity index (χ1) is 9.73. The molecule has 1 fully saturated rings. The van der Waals surface area contributed by atoms with Crippen molar-refractivity contribution in [3.63, 3.8) is 0 Å². The first kappa shape index (κ1) is 16.4. The van der Waals surface area contributed by atoms with Crippen LogP contribution in [0.4, 0.5) is 0 Å². The average Bonchev–Trinajstić information content (AvgIpc) is 2.77. The highest BCUT2D eigenvalue weighted by molar-refractivity contribution is 7.89. The summed E-state index contributed by atoms with van der Waals surface area (Å²) in [6.07, 6.45) is 0. The summed E-state index contributed by atoms with van der Waals surface area (Å²) in [5.41, 5.74) is 5.29. The van der Waals surface area contributed by atoms with Crippen LogP contribution in [0.25, 0.3) is 0 Å². The van der Waals surface area contributed by atoms with Crippen molar-refractivity contribution in [1.29, 1.82) is 0 Å². The first-order valence-corrected chi connectivity index (χ1v) is 9.09. The summed E-state index contributed by atoms with van der Waals surface area (Å²) in [7, 11) is -3.44. The van der Waals surface area contributed by atoms with Crippen molar-refractivity contribution in [1.82, 2.24) is 9.21 Å². The Kier molecular flexibility index (Phi) is 4.72. The molecule has 0 spiro atoms. The number of aryl methyl sites for hydroxylation is 2. The van der Waals surface area contributed by atoms with Gasteiger partial charge in [0.15, 0.2) is 0 Å². The van der Waals surface area contributed by atoms with E-state index in [1.807, 2.05) is 18.7 Å². The maximum atomic E-state index is 12.7. The summed E-state index contributed by atoms with van der Waals surface area (Å²) < 4.78 is 26.8. The third-order valence-electron chi connectivity index (χ3n) is 3.85. The maximum absolute atomic E-state index is 12.7. The van der Waals surface area contributed by atoms with Crippen molar-refractivity contribution < 1.29 is 13.2 Å². The Morgan fingerprint density at radius 2 is 1.86 bits per heavy atom. The molecule has 0 unspecified atom stereocenters. The average molecular weight is 331 g/mol. The first-order valence-electron chi connectivity index (χ1n) is 6.84. The van der Waals surface area contributed by atoms with Gasteiger partial charge in [-0.1, -0.05) is 0 Å². The van der Waals surface area contributed by atoms with Gasteiger partial charge in [0.25, 0.3) is 0 Å². The Labute approximate surface area is 129 Å². The fraction of sp³-hybridized carbons (Fsp3) is 0.615. The minimum atomic E-state index is -3.44. The lowest BCUT2D eigenvalue weighted by atomic mass is 10.2. The van der Waals surface area contributed by atoms with Crippen LogP contribution >= 0.6 is 11.3 Å². The lowest BCUT2D eigenvalue weighted by molar-refractivity contribution is -0.123. The number of carbonyl (C=O) groups is 1. The zero-order valence-corrected chi connectivity index (χ0v) is 14.1. The Bertz CT molecular complexity index is 631. The van der Waals surface area contributed by atoms with Gasteiger partial charge in [0, 0.05) is 35.9 Å². The third kappa shape index (κ3) is 3.28. The number of thiophene rings is 1. The summed E-state index contributed by atoms with van der Waals surface area (Å²) in [4.78, 5) is 15.3. The van der Waals surface area contributed by atoms with E-state index in [0.717, 1.165) is 9.75 Å². The fourth-order valence-electron chi connectivity index (χ4n) is 2.51. The smallest absolute Gasteiger partial charge is 0.244 e. The fourth-order valence-corrected chi connectivity index (χ4v) is 5.46.